The molecule has 1 fully saturated rings. The van der Waals surface area contributed by atoms with E-state index in [1.54, 1.807) is 10.9 Å². The zero-order valence-electron chi connectivity index (χ0n) is 22.0. The van der Waals surface area contributed by atoms with E-state index >= 15 is 0 Å². The average Bonchev–Trinajstić information content (AvgIpc) is 3.40. The molecule has 0 bridgehead atoms. The Morgan fingerprint density at radius 1 is 1.27 bits per heavy atom. The summed E-state index contributed by atoms with van der Waals surface area (Å²) in [6, 6.07) is 5.21. The van der Waals surface area contributed by atoms with Crippen LogP contribution in [0, 0.1) is 11.3 Å². The molecule has 2 N–H and O–H groups in total. The van der Waals surface area contributed by atoms with Gasteiger partial charge in [0.1, 0.15) is 24.2 Å². The van der Waals surface area contributed by atoms with Crippen molar-refractivity contribution < 1.29 is 13.2 Å². The first-order valence-corrected chi connectivity index (χ1v) is 17.9. The van der Waals surface area contributed by atoms with Crippen molar-refractivity contribution in [2.75, 3.05) is 31.2 Å². The average molecular weight is 545 g/mol. The Bertz CT molecular complexity index is 1400. The highest BCUT2D eigenvalue weighted by Gasteiger charge is 2.50. The monoisotopic (exact) mass is 544 g/mol. The molecule has 4 heterocycles. The van der Waals surface area contributed by atoms with Gasteiger partial charge in [-0.1, -0.05) is 33.0 Å². The smallest absolute Gasteiger partial charge is 0.214 e. The van der Waals surface area contributed by atoms with Crippen LogP contribution in [0.2, 0.25) is 25.7 Å². The van der Waals surface area contributed by atoms with Gasteiger partial charge in [-0.3, -0.25) is 4.68 Å². The highest BCUT2D eigenvalue weighted by molar-refractivity contribution is 7.89. The van der Waals surface area contributed by atoms with Gasteiger partial charge >= 0.3 is 0 Å². The number of nitriles is 1. The standard InChI is InChI=1S/C24H36N8O3SSi/c1-5-6-12-36(33,34)31-15-24(16-31,8-9-25)32-14-20(22(26)29-32)21-19-7-10-30(23(19)28-17-27-21)18-35-11-13-37(2,3)4/h7,10,14,17H,5-6,8,11-13,15-16,18H2,1-4H3,(H2,26,29). The first kappa shape index (κ1) is 27.2. The number of nitrogen functional groups attached to an aromatic ring is 1. The summed E-state index contributed by atoms with van der Waals surface area (Å²) in [5.41, 5.74) is 7.55. The maximum Gasteiger partial charge on any atom is 0.214 e. The fraction of sp³-hybridized carbons (Fsp3) is 0.583. The summed E-state index contributed by atoms with van der Waals surface area (Å²) < 4.78 is 36.2. The minimum atomic E-state index is -3.36. The van der Waals surface area contributed by atoms with Crippen LogP contribution >= 0.6 is 0 Å². The molecule has 1 aliphatic heterocycles. The molecule has 11 nitrogen and oxygen atoms in total. The molecule has 0 amide bonds. The Labute approximate surface area is 219 Å². The molecule has 0 aromatic carbocycles. The van der Waals surface area contributed by atoms with Gasteiger partial charge in [-0.25, -0.2) is 18.4 Å². The summed E-state index contributed by atoms with van der Waals surface area (Å²) in [6.07, 6.45) is 6.71. The molecule has 0 atom stereocenters. The van der Waals surface area contributed by atoms with E-state index in [-0.39, 0.29) is 31.1 Å². The van der Waals surface area contributed by atoms with Gasteiger partial charge in [0.25, 0.3) is 0 Å². The Balaban J connectivity index is 1.57. The van der Waals surface area contributed by atoms with Crippen LogP contribution < -0.4 is 5.73 Å². The second kappa shape index (κ2) is 10.5. The maximum atomic E-state index is 12.6. The van der Waals surface area contributed by atoms with Crippen molar-refractivity contribution in [3.05, 3.63) is 24.8 Å². The third-order valence-corrected chi connectivity index (χ3v) is 10.3. The fourth-order valence-electron chi connectivity index (χ4n) is 4.42. The van der Waals surface area contributed by atoms with Gasteiger partial charge in [0.2, 0.25) is 10.0 Å². The van der Waals surface area contributed by atoms with E-state index in [0.717, 1.165) is 23.5 Å². The van der Waals surface area contributed by atoms with Crippen LogP contribution in [0.1, 0.15) is 26.2 Å². The predicted octanol–water partition coefficient (Wildman–Crippen LogP) is 3.24. The number of aromatic nitrogens is 5. The molecule has 0 aliphatic carbocycles. The first-order chi connectivity index (χ1) is 17.5. The van der Waals surface area contributed by atoms with E-state index in [1.165, 1.54) is 10.6 Å². The van der Waals surface area contributed by atoms with Gasteiger partial charge in [-0.15, -0.1) is 0 Å². The minimum absolute atomic E-state index is 0.108. The number of sulfonamides is 1. The summed E-state index contributed by atoms with van der Waals surface area (Å²) in [6.45, 7) is 10.4. The summed E-state index contributed by atoms with van der Waals surface area (Å²) in [7, 11) is -4.53. The number of ether oxygens (including phenoxy) is 1. The lowest BCUT2D eigenvalue weighted by Crippen LogP contribution is -2.64. The topological polar surface area (TPSA) is 145 Å². The van der Waals surface area contributed by atoms with Gasteiger partial charge in [0, 0.05) is 45.6 Å². The quantitative estimate of drug-likeness (QED) is 0.270. The van der Waals surface area contributed by atoms with E-state index < -0.39 is 23.6 Å². The second-order valence-corrected chi connectivity index (χ2v) is 18.7. The second-order valence-electron chi connectivity index (χ2n) is 11.0. The normalized spacial score (nSPS) is 16.1. The number of fused-ring (bicyclic) bond motifs is 1. The van der Waals surface area contributed by atoms with E-state index in [1.807, 2.05) is 23.8 Å². The number of rotatable bonds is 12. The molecule has 3 aromatic heterocycles. The highest BCUT2D eigenvalue weighted by atomic mass is 32.2. The van der Waals surface area contributed by atoms with E-state index in [4.69, 9.17) is 10.5 Å². The number of anilines is 1. The van der Waals surface area contributed by atoms with Gasteiger partial charge in [0.05, 0.1) is 29.5 Å². The van der Waals surface area contributed by atoms with Crippen LogP contribution in [-0.2, 0) is 27.0 Å². The molecule has 0 radical (unpaired) electrons. The predicted molar refractivity (Wildman–Crippen MR) is 146 cm³/mol. The van der Waals surface area contributed by atoms with Crippen LogP contribution in [0.15, 0.2) is 24.8 Å². The summed E-state index contributed by atoms with van der Waals surface area (Å²) >= 11 is 0. The van der Waals surface area contributed by atoms with Crippen molar-refractivity contribution in [1.82, 2.24) is 28.6 Å². The number of hydrogen-bond acceptors (Lipinski definition) is 8. The zero-order valence-corrected chi connectivity index (χ0v) is 23.8. The van der Waals surface area contributed by atoms with Crippen LogP contribution in [0.5, 0.6) is 0 Å². The van der Waals surface area contributed by atoms with Crippen molar-refractivity contribution in [3.63, 3.8) is 0 Å². The third-order valence-electron chi connectivity index (χ3n) is 6.77. The van der Waals surface area contributed by atoms with Gasteiger partial charge in [-0.05, 0) is 18.5 Å². The molecule has 13 heteroatoms. The Morgan fingerprint density at radius 2 is 2.03 bits per heavy atom. The van der Waals surface area contributed by atoms with E-state index in [2.05, 4.69) is 40.8 Å². The summed E-state index contributed by atoms with van der Waals surface area (Å²) in [5.74, 6) is 0.375. The zero-order chi connectivity index (χ0) is 26.8. The van der Waals surface area contributed by atoms with Crippen LogP contribution in [0.25, 0.3) is 22.3 Å². The molecule has 1 saturated heterocycles. The van der Waals surface area contributed by atoms with Gasteiger partial charge < -0.3 is 15.0 Å². The molecular weight excluding hydrogens is 508 g/mol. The molecule has 3 aromatic rings. The molecule has 0 unspecified atom stereocenters. The lowest BCUT2D eigenvalue weighted by Gasteiger charge is -2.47. The van der Waals surface area contributed by atoms with Gasteiger partial charge in [0.15, 0.2) is 5.82 Å². The van der Waals surface area contributed by atoms with Crippen LogP contribution in [0.3, 0.4) is 0 Å². The molecule has 1 aliphatic rings. The summed E-state index contributed by atoms with van der Waals surface area (Å²) in [5, 5.41) is 14.8. The first-order valence-electron chi connectivity index (χ1n) is 12.6. The van der Waals surface area contributed by atoms with Crippen molar-refractivity contribution in [2.45, 2.75) is 64.1 Å². The SMILES string of the molecule is CCCCS(=O)(=O)N1CC(CC#N)(n2cc(-c3ncnc4c3ccn4COCC[Si](C)(C)C)c(N)n2)C1. The molecule has 200 valence electrons. The Hall–Kier alpha value is -2.79. The van der Waals surface area contributed by atoms with Crippen molar-refractivity contribution >= 4 is 34.9 Å². The lowest BCUT2D eigenvalue weighted by atomic mass is 9.89. The van der Waals surface area contributed by atoms with E-state index in [0.29, 0.717) is 31.0 Å². The number of hydrogen-bond donors (Lipinski definition) is 1. The van der Waals surface area contributed by atoms with Crippen LogP contribution in [0.4, 0.5) is 5.82 Å². The molecule has 37 heavy (non-hydrogen) atoms. The molecule has 0 spiro atoms. The summed E-state index contributed by atoms with van der Waals surface area (Å²) in [4.78, 5) is 8.94. The highest BCUT2D eigenvalue weighted by Crippen LogP contribution is 2.38. The lowest BCUT2D eigenvalue weighted by molar-refractivity contribution is 0.0720. The fourth-order valence-corrected chi connectivity index (χ4v) is 6.97. The number of nitrogens with two attached hydrogens (primary N) is 1. The maximum absolute atomic E-state index is 12.6. The van der Waals surface area contributed by atoms with Gasteiger partial charge in [-0.2, -0.15) is 14.7 Å². The van der Waals surface area contributed by atoms with Crippen molar-refractivity contribution in [2.24, 2.45) is 0 Å². The number of unbranched alkanes of at least 4 members (excludes halogenated alkanes) is 1. The third kappa shape index (κ3) is 5.72. The Morgan fingerprint density at radius 3 is 2.70 bits per heavy atom. The number of nitrogens with zero attached hydrogens (tertiary/aromatic N) is 7. The van der Waals surface area contributed by atoms with Crippen LogP contribution in [-0.4, -0.2) is 70.6 Å². The van der Waals surface area contributed by atoms with Crippen molar-refractivity contribution in [1.29, 1.82) is 5.26 Å². The van der Waals surface area contributed by atoms with E-state index in [9.17, 15) is 13.7 Å². The largest absolute Gasteiger partial charge is 0.382 e. The van der Waals surface area contributed by atoms with Crippen molar-refractivity contribution in [3.8, 4) is 17.3 Å². The Kier molecular flexibility index (Phi) is 7.75. The minimum Gasteiger partial charge on any atom is -0.382 e. The molecule has 0 saturated carbocycles. The molecular formula is C24H36N8O3SSi. The molecule has 4 rings (SSSR count).